The molecule has 3 nitrogen and oxygen atoms in total. The number of halogens is 4. The van der Waals surface area contributed by atoms with Crippen molar-refractivity contribution in [3.8, 4) is 6.07 Å². The number of nitrogens with one attached hydrogen (secondary N) is 1. The van der Waals surface area contributed by atoms with E-state index in [4.69, 9.17) is 5.26 Å². The van der Waals surface area contributed by atoms with Gasteiger partial charge in [-0.3, -0.25) is 0 Å². The summed E-state index contributed by atoms with van der Waals surface area (Å²) in [5.41, 5.74) is 1.13. The summed E-state index contributed by atoms with van der Waals surface area (Å²) >= 11 is 3.25. The first-order chi connectivity index (χ1) is 8.92. The van der Waals surface area contributed by atoms with Gasteiger partial charge in [-0.2, -0.15) is 18.4 Å². The molecule has 0 aliphatic rings. The fraction of sp³-hybridized carbons (Fsp3) is 0.417. The number of benzene rings is 1. The zero-order chi connectivity index (χ0) is 14.3. The van der Waals surface area contributed by atoms with E-state index < -0.39 is 12.8 Å². The molecular formula is C12H12BrF3N2O. The number of nitriles is 1. The lowest BCUT2D eigenvalue weighted by atomic mass is 10.2. The van der Waals surface area contributed by atoms with Gasteiger partial charge in [-0.25, -0.2) is 0 Å². The number of ether oxygens (including phenoxy) is 1. The Labute approximate surface area is 117 Å². The molecule has 1 rings (SSSR count). The van der Waals surface area contributed by atoms with E-state index in [9.17, 15) is 13.2 Å². The lowest BCUT2D eigenvalue weighted by molar-refractivity contribution is -0.173. The van der Waals surface area contributed by atoms with Gasteiger partial charge in [0.05, 0.1) is 11.3 Å². The highest BCUT2D eigenvalue weighted by Crippen LogP contribution is 2.20. The van der Waals surface area contributed by atoms with Gasteiger partial charge < -0.3 is 10.1 Å². The van der Waals surface area contributed by atoms with Crippen LogP contribution in [-0.4, -0.2) is 25.9 Å². The number of anilines is 1. The SMILES string of the molecule is N#Cc1cc(Br)ccc1NCCCOCC(F)(F)F. The quantitative estimate of drug-likeness (QED) is 0.805. The Morgan fingerprint density at radius 2 is 2.11 bits per heavy atom. The Balaban J connectivity index is 2.29. The number of alkyl halides is 3. The first-order valence-electron chi connectivity index (χ1n) is 5.50. The minimum absolute atomic E-state index is 0.0188. The van der Waals surface area contributed by atoms with Crippen LogP contribution in [0.3, 0.4) is 0 Å². The maximum Gasteiger partial charge on any atom is 0.411 e. The van der Waals surface area contributed by atoms with E-state index in [1.807, 2.05) is 6.07 Å². The Morgan fingerprint density at radius 3 is 2.74 bits per heavy atom. The van der Waals surface area contributed by atoms with Gasteiger partial charge >= 0.3 is 6.18 Å². The first kappa shape index (κ1) is 15.8. The van der Waals surface area contributed by atoms with Gasteiger partial charge in [-0.15, -0.1) is 0 Å². The van der Waals surface area contributed by atoms with Crippen molar-refractivity contribution in [2.75, 3.05) is 25.1 Å². The predicted molar refractivity (Wildman–Crippen MR) is 68.8 cm³/mol. The van der Waals surface area contributed by atoms with Crippen LogP contribution in [0.25, 0.3) is 0 Å². The molecule has 0 atom stereocenters. The molecule has 0 aliphatic heterocycles. The van der Waals surface area contributed by atoms with Crippen molar-refractivity contribution in [3.05, 3.63) is 28.2 Å². The van der Waals surface area contributed by atoms with Crippen molar-refractivity contribution in [1.82, 2.24) is 0 Å². The highest BCUT2D eigenvalue weighted by Gasteiger charge is 2.27. The first-order valence-corrected chi connectivity index (χ1v) is 6.30. The van der Waals surface area contributed by atoms with E-state index in [-0.39, 0.29) is 6.61 Å². The van der Waals surface area contributed by atoms with Crippen LogP contribution in [-0.2, 0) is 4.74 Å². The molecule has 0 fully saturated rings. The molecule has 0 radical (unpaired) electrons. The van der Waals surface area contributed by atoms with Crippen molar-refractivity contribution in [1.29, 1.82) is 5.26 Å². The Kier molecular flexibility index (Phi) is 6.12. The van der Waals surface area contributed by atoms with Crippen LogP contribution in [0.4, 0.5) is 18.9 Å². The topological polar surface area (TPSA) is 45.0 Å². The molecule has 0 heterocycles. The van der Waals surface area contributed by atoms with Crippen LogP contribution in [0, 0.1) is 11.3 Å². The molecule has 1 aromatic carbocycles. The number of nitrogens with zero attached hydrogens (tertiary/aromatic N) is 1. The largest absolute Gasteiger partial charge is 0.411 e. The van der Waals surface area contributed by atoms with Crippen LogP contribution >= 0.6 is 15.9 Å². The summed E-state index contributed by atoms with van der Waals surface area (Å²) < 4.78 is 40.6. The molecule has 0 saturated carbocycles. The molecule has 0 saturated heterocycles. The molecule has 7 heteroatoms. The van der Waals surface area contributed by atoms with Gasteiger partial charge in [-0.1, -0.05) is 15.9 Å². The van der Waals surface area contributed by atoms with E-state index >= 15 is 0 Å². The molecule has 1 aromatic rings. The van der Waals surface area contributed by atoms with Crippen molar-refractivity contribution in [3.63, 3.8) is 0 Å². The minimum Gasteiger partial charge on any atom is -0.384 e. The van der Waals surface area contributed by atoms with E-state index in [1.165, 1.54) is 0 Å². The molecule has 19 heavy (non-hydrogen) atoms. The van der Waals surface area contributed by atoms with Gasteiger partial charge in [0.1, 0.15) is 12.7 Å². The normalized spacial score (nSPS) is 11.1. The summed E-state index contributed by atoms with van der Waals surface area (Å²) in [4.78, 5) is 0. The van der Waals surface area contributed by atoms with Crippen molar-refractivity contribution < 1.29 is 17.9 Å². The molecular weight excluding hydrogens is 325 g/mol. The Hall–Kier alpha value is -1.26. The highest BCUT2D eigenvalue weighted by molar-refractivity contribution is 9.10. The fourth-order valence-electron chi connectivity index (χ4n) is 1.35. The molecule has 0 unspecified atom stereocenters. The van der Waals surface area contributed by atoms with Gasteiger partial charge in [0.15, 0.2) is 0 Å². The average molecular weight is 337 g/mol. The van der Waals surface area contributed by atoms with Crippen LogP contribution in [0.5, 0.6) is 0 Å². The Bertz CT molecular complexity index is 457. The zero-order valence-electron chi connectivity index (χ0n) is 9.93. The fourth-order valence-corrected chi connectivity index (χ4v) is 1.71. The molecule has 0 aromatic heterocycles. The monoisotopic (exact) mass is 336 g/mol. The van der Waals surface area contributed by atoms with Crippen molar-refractivity contribution in [2.45, 2.75) is 12.6 Å². The second kappa shape index (κ2) is 7.36. The number of hydrogen-bond donors (Lipinski definition) is 1. The zero-order valence-corrected chi connectivity index (χ0v) is 11.5. The lowest BCUT2D eigenvalue weighted by Crippen LogP contribution is -2.18. The smallest absolute Gasteiger partial charge is 0.384 e. The summed E-state index contributed by atoms with van der Waals surface area (Å²) in [6.07, 6.45) is -3.86. The highest BCUT2D eigenvalue weighted by atomic mass is 79.9. The maximum absolute atomic E-state index is 11.8. The van der Waals surface area contributed by atoms with E-state index in [0.29, 0.717) is 24.2 Å². The van der Waals surface area contributed by atoms with E-state index in [1.54, 1.807) is 18.2 Å². The van der Waals surface area contributed by atoms with Gasteiger partial charge in [-0.05, 0) is 24.6 Å². The third-order valence-corrected chi connectivity index (χ3v) is 2.64. The Morgan fingerprint density at radius 1 is 1.37 bits per heavy atom. The third-order valence-electron chi connectivity index (χ3n) is 2.15. The second-order valence-corrected chi connectivity index (χ2v) is 4.67. The third kappa shape index (κ3) is 6.45. The standard InChI is InChI=1S/C12H12BrF3N2O/c13-10-2-3-11(9(6-10)7-17)18-4-1-5-19-8-12(14,15)16/h2-3,6,18H,1,4-5,8H2. The number of hydrogen-bond acceptors (Lipinski definition) is 3. The van der Waals surface area contributed by atoms with Crippen molar-refractivity contribution in [2.24, 2.45) is 0 Å². The second-order valence-electron chi connectivity index (χ2n) is 3.75. The van der Waals surface area contributed by atoms with Crippen LogP contribution < -0.4 is 5.32 Å². The molecule has 1 N–H and O–H groups in total. The molecule has 104 valence electrons. The number of rotatable bonds is 6. The van der Waals surface area contributed by atoms with Crippen LogP contribution in [0.15, 0.2) is 22.7 Å². The summed E-state index contributed by atoms with van der Waals surface area (Å²) in [6.45, 7) is -0.770. The van der Waals surface area contributed by atoms with Gasteiger partial charge in [0, 0.05) is 17.6 Å². The van der Waals surface area contributed by atoms with E-state index in [2.05, 4.69) is 26.0 Å². The van der Waals surface area contributed by atoms with Gasteiger partial charge in [0.25, 0.3) is 0 Å². The van der Waals surface area contributed by atoms with Crippen LogP contribution in [0.2, 0.25) is 0 Å². The molecule has 0 amide bonds. The summed E-state index contributed by atoms with van der Waals surface area (Å²) in [6, 6.07) is 7.22. The molecule has 0 spiro atoms. The van der Waals surface area contributed by atoms with Gasteiger partial charge in [0.2, 0.25) is 0 Å². The van der Waals surface area contributed by atoms with Crippen molar-refractivity contribution >= 4 is 21.6 Å². The molecule has 0 bridgehead atoms. The maximum atomic E-state index is 11.8. The summed E-state index contributed by atoms with van der Waals surface area (Å²) in [5, 5.41) is 11.9. The minimum atomic E-state index is -4.28. The van der Waals surface area contributed by atoms with E-state index in [0.717, 1.165) is 4.47 Å². The van der Waals surface area contributed by atoms with Crippen LogP contribution in [0.1, 0.15) is 12.0 Å². The molecule has 0 aliphatic carbocycles. The summed E-state index contributed by atoms with van der Waals surface area (Å²) in [5.74, 6) is 0. The lowest BCUT2D eigenvalue weighted by Gasteiger charge is -2.10. The predicted octanol–water partition coefficient (Wildman–Crippen LogP) is 3.70. The summed E-state index contributed by atoms with van der Waals surface area (Å²) in [7, 11) is 0. The average Bonchev–Trinajstić information content (AvgIpc) is 2.33.